The first kappa shape index (κ1) is 19.7. The number of benzene rings is 1. The monoisotopic (exact) mass is 345 g/mol. The standard InChI is InChI=1S/C20H35N5/c1-5-18-8-6-7-9-19(18)15-23-20(21-3)22-14-17(2)16-25-12-10-24(4)11-13-25/h6-9,17H,5,10-16H2,1-4H3,(H2,21,22,23). The molecule has 1 unspecified atom stereocenters. The third-order valence-corrected chi connectivity index (χ3v) is 4.95. The van der Waals surface area contributed by atoms with Crippen LogP contribution in [0.4, 0.5) is 0 Å². The molecule has 1 heterocycles. The summed E-state index contributed by atoms with van der Waals surface area (Å²) in [6.07, 6.45) is 1.06. The van der Waals surface area contributed by atoms with E-state index in [-0.39, 0.29) is 0 Å². The number of piperazine rings is 1. The van der Waals surface area contributed by atoms with Gasteiger partial charge in [0.05, 0.1) is 0 Å². The Labute approximate surface area is 153 Å². The van der Waals surface area contributed by atoms with Gasteiger partial charge in [0.15, 0.2) is 5.96 Å². The largest absolute Gasteiger partial charge is 0.356 e. The molecule has 1 aliphatic rings. The second-order valence-corrected chi connectivity index (χ2v) is 7.14. The maximum absolute atomic E-state index is 4.36. The number of hydrogen-bond donors (Lipinski definition) is 2. The van der Waals surface area contributed by atoms with Crippen molar-refractivity contribution in [1.29, 1.82) is 0 Å². The fourth-order valence-electron chi connectivity index (χ4n) is 3.28. The van der Waals surface area contributed by atoms with E-state index in [9.17, 15) is 0 Å². The van der Waals surface area contributed by atoms with Crippen LogP contribution in [0.15, 0.2) is 29.3 Å². The van der Waals surface area contributed by atoms with E-state index in [0.717, 1.165) is 32.0 Å². The summed E-state index contributed by atoms with van der Waals surface area (Å²) in [6.45, 7) is 12.1. The number of guanidine groups is 1. The third kappa shape index (κ3) is 6.67. The van der Waals surface area contributed by atoms with Gasteiger partial charge in [0.25, 0.3) is 0 Å². The number of hydrogen-bond acceptors (Lipinski definition) is 3. The second-order valence-electron chi connectivity index (χ2n) is 7.14. The fourth-order valence-corrected chi connectivity index (χ4v) is 3.28. The molecule has 5 heteroatoms. The lowest BCUT2D eigenvalue weighted by Crippen LogP contribution is -2.47. The average Bonchev–Trinajstić information content (AvgIpc) is 2.64. The highest BCUT2D eigenvalue weighted by atomic mass is 15.2. The molecular formula is C20H35N5. The minimum atomic E-state index is 0.602. The predicted molar refractivity (Wildman–Crippen MR) is 107 cm³/mol. The Bertz CT molecular complexity index is 535. The number of likely N-dealkylation sites (N-methyl/N-ethyl adjacent to an activating group) is 1. The molecular weight excluding hydrogens is 310 g/mol. The van der Waals surface area contributed by atoms with Crippen LogP contribution < -0.4 is 10.6 Å². The van der Waals surface area contributed by atoms with Crippen LogP contribution in [0.5, 0.6) is 0 Å². The first-order valence-electron chi connectivity index (χ1n) is 9.54. The summed E-state index contributed by atoms with van der Waals surface area (Å²) in [4.78, 5) is 9.33. The van der Waals surface area contributed by atoms with E-state index in [1.807, 2.05) is 7.05 Å². The summed E-state index contributed by atoms with van der Waals surface area (Å²) in [5, 5.41) is 6.92. The molecule has 1 fully saturated rings. The Kier molecular flexibility index (Phi) is 8.22. The van der Waals surface area contributed by atoms with Crippen LogP contribution in [0, 0.1) is 5.92 Å². The van der Waals surface area contributed by atoms with Crippen LogP contribution in [0.3, 0.4) is 0 Å². The zero-order chi connectivity index (χ0) is 18.1. The predicted octanol–water partition coefficient (Wildman–Crippen LogP) is 1.80. The maximum Gasteiger partial charge on any atom is 0.191 e. The van der Waals surface area contributed by atoms with E-state index in [2.05, 4.69) is 70.6 Å². The van der Waals surface area contributed by atoms with E-state index in [0.29, 0.717) is 5.92 Å². The van der Waals surface area contributed by atoms with Crippen molar-refractivity contribution >= 4 is 5.96 Å². The van der Waals surface area contributed by atoms with Gasteiger partial charge in [-0.25, -0.2) is 0 Å². The molecule has 0 amide bonds. The molecule has 5 nitrogen and oxygen atoms in total. The van der Waals surface area contributed by atoms with E-state index < -0.39 is 0 Å². The number of aliphatic imine (C=N–C) groups is 1. The summed E-state index contributed by atoms with van der Waals surface area (Å²) in [5.41, 5.74) is 2.74. The Hall–Kier alpha value is -1.59. The van der Waals surface area contributed by atoms with Gasteiger partial charge in [-0.05, 0) is 30.5 Å². The number of aryl methyl sites for hydroxylation is 1. The van der Waals surface area contributed by atoms with E-state index in [1.165, 1.54) is 37.3 Å². The Balaban J connectivity index is 1.72. The first-order valence-corrected chi connectivity index (χ1v) is 9.54. The highest BCUT2D eigenvalue weighted by Crippen LogP contribution is 2.09. The van der Waals surface area contributed by atoms with Gasteiger partial charge in [-0.2, -0.15) is 0 Å². The minimum Gasteiger partial charge on any atom is -0.356 e. The molecule has 1 saturated heterocycles. The van der Waals surface area contributed by atoms with Gasteiger partial charge in [0.1, 0.15) is 0 Å². The molecule has 1 aromatic carbocycles. The van der Waals surface area contributed by atoms with E-state index >= 15 is 0 Å². The molecule has 25 heavy (non-hydrogen) atoms. The first-order chi connectivity index (χ1) is 12.1. The Morgan fingerprint density at radius 2 is 1.80 bits per heavy atom. The lowest BCUT2D eigenvalue weighted by molar-refractivity contribution is 0.139. The van der Waals surface area contributed by atoms with Crippen molar-refractivity contribution in [2.45, 2.75) is 26.8 Å². The van der Waals surface area contributed by atoms with Gasteiger partial charge < -0.3 is 20.4 Å². The smallest absolute Gasteiger partial charge is 0.191 e. The van der Waals surface area contributed by atoms with Crippen LogP contribution in [0.1, 0.15) is 25.0 Å². The molecule has 1 aromatic rings. The van der Waals surface area contributed by atoms with Crippen molar-refractivity contribution < 1.29 is 0 Å². The minimum absolute atomic E-state index is 0.602. The van der Waals surface area contributed by atoms with Gasteiger partial charge in [0.2, 0.25) is 0 Å². The van der Waals surface area contributed by atoms with Gasteiger partial charge >= 0.3 is 0 Å². The molecule has 0 spiro atoms. The SMILES string of the molecule is CCc1ccccc1CNC(=NC)NCC(C)CN1CCN(C)CC1. The molecule has 1 aliphatic heterocycles. The molecule has 0 bridgehead atoms. The van der Waals surface area contributed by atoms with Crippen molar-refractivity contribution in [2.75, 3.05) is 53.4 Å². The Morgan fingerprint density at radius 1 is 1.12 bits per heavy atom. The molecule has 1 atom stereocenters. The van der Waals surface area contributed by atoms with E-state index in [1.54, 1.807) is 0 Å². The van der Waals surface area contributed by atoms with E-state index in [4.69, 9.17) is 0 Å². The third-order valence-electron chi connectivity index (χ3n) is 4.95. The lowest BCUT2D eigenvalue weighted by atomic mass is 10.1. The molecule has 2 rings (SSSR count). The molecule has 0 radical (unpaired) electrons. The zero-order valence-electron chi connectivity index (χ0n) is 16.4. The molecule has 0 aliphatic carbocycles. The molecule has 140 valence electrons. The lowest BCUT2D eigenvalue weighted by Gasteiger charge is -2.34. The summed E-state index contributed by atoms with van der Waals surface area (Å²) < 4.78 is 0. The van der Waals surface area contributed by atoms with Crippen LogP contribution >= 0.6 is 0 Å². The average molecular weight is 346 g/mol. The van der Waals surface area contributed by atoms with Crippen LogP contribution in [0.25, 0.3) is 0 Å². The number of nitrogens with one attached hydrogen (secondary N) is 2. The summed E-state index contributed by atoms with van der Waals surface area (Å²) in [6, 6.07) is 8.60. The van der Waals surface area contributed by atoms with Crippen molar-refractivity contribution in [3.8, 4) is 0 Å². The van der Waals surface area contributed by atoms with Gasteiger partial charge in [0, 0.05) is 52.9 Å². The highest BCUT2D eigenvalue weighted by Gasteiger charge is 2.16. The summed E-state index contributed by atoms with van der Waals surface area (Å²) in [7, 11) is 4.04. The summed E-state index contributed by atoms with van der Waals surface area (Å²) in [5.74, 6) is 1.49. The van der Waals surface area contributed by atoms with Crippen LogP contribution in [0.2, 0.25) is 0 Å². The van der Waals surface area contributed by atoms with Gasteiger partial charge in [-0.1, -0.05) is 38.1 Å². The molecule has 0 aromatic heterocycles. The number of rotatable bonds is 7. The maximum atomic E-state index is 4.36. The molecule has 0 saturated carbocycles. The second kappa shape index (κ2) is 10.4. The van der Waals surface area contributed by atoms with Crippen molar-refractivity contribution in [3.63, 3.8) is 0 Å². The van der Waals surface area contributed by atoms with Crippen molar-refractivity contribution in [3.05, 3.63) is 35.4 Å². The van der Waals surface area contributed by atoms with Gasteiger partial charge in [-0.3, -0.25) is 4.99 Å². The van der Waals surface area contributed by atoms with Crippen molar-refractivity contribution in [2.24, 2.45) is 10.9 Å². The van der Waals surface area contributed by atoms with Crippen molar-refractivity contribution in [1.82, 2.24) is 20.4 Å². The zero-order valence-corrected chi connectivity index (χ0v) is 16.4. The highest BCUT2D eigenvalue weighted by molar-refractivity contribution is 5.79. The Morgan fingerprint density at radius 3 is 2.44 bits per heavy atom. The summed E-state index contributed by atoms with van der Waals surface area (Å²) >= 11 is 0. The fraction of sp³-hybridized carbons (Fsp3) is 0.650. The van der Waals surface area contributed by atoms with Crippen LogP contribution in [-0.2, 0) is 13.0 Å². The number of nitrogens with zero attached hydrogens (tertiary/aromatic N) is 3. The van der Waals surface area contributed by atoms with Crippen LogP contribution in [-0.4, -0.2) is 69.1 Å². The normalized spacial score (nSPS) is 18.2. The van der Waals surface area contributed by atoms with Gasteiger partial charge in [-0.15, -0.1) is 0 Å². The molecule has 2 N–H and O–H groups in total. The quantitative estimate of drug-likeness (QED) is 0.584. The topological polar surface area (TPSA) is 42.9 Å².